The first-order valence-corrected chi connectivity index (χ1v) is 7.89. The van der Waals surface area contributed by atoms with E-state index < -0.39 is 5.60 Å². The fraction of sp³-hybridized carbons (Fsp3) is 0.684. The molecular weight excluding hydrogens is 276 g/mol. The van der Waals surface area contributed by atoms with E-state index >= 15 is 0 Å². The third-order valence-electron chi connectivity index (χ3n) is 4.40. The van der Waals surface area contributed by atoms with Gasteiger partial charge in [-0.25, -0.2) is 0 Å². The lowest BCUT2D eigenvalue weighted by Crippen LogP contribution is -2.39. The average molecular weight is 300 g/mol. The Morgan fingerprint density at radius 3 is 2.55 bits per heavy atom. The third kappa shape index (κ3) is 4.38. The van der Waals surface area contributed by atoms with Crippen molar-refractivity contribution < 1.29 is 14.3 Å². The van der Waals surface area contributed by atoms with E-state index in [1.54, 1.807) is 0 Å². The number of carbonyl (C=O) groups is 2. The Kier molecular flexibility index (Phi) is 4.66. The topological polar surface area (TPSA) is 43.4 Å². The molecule has 3 heteroatoms. The molecule has 0 spiro atoms. The van der Waals surface area contributed by atoms with E-state index in [0.29, 0.717) is 37.9 Å². The number of cyclic esters (lactones) is 1. The molecule has 0 amide bonds. The minimum atomic E-state index is -0.604. The Hall–Kier alpha value is -1.74. The molecule has 0 bridgehead atoms. The highest BCUT2D eigenvalue weighted by atomic mass is 16.6. The Balaban J connectivity index is 1.99. The van der Waals surface area contributed by atoms with E-state index in [-0.39, 0.29) is 23.2 Å². The molecule has 0 aromatic carbocycles. The predicted octanol–water partition coefficient (Wildman–Crippen LogP) is 3.12. The number of esters is 1. The van der Waals surface area contributed by atoms with Crippen LogP contribution in [0.4, 0.5) is 0 Å². The van der Waals surface area contributed by atoms with Crippen LogP contribution in [-0.4, -0.2) is 17.4 Å². The van der Waals surface area contributed by atoms with Crippen LogP contribution in [0, 0.1) is 41.4 Å². The number of ether oxygens (including phenoxy) is 1. The largest absolute Gasteiger partial charge is 0.458 e. The smallest absolute Gasteiger partial charge is 0.307 e. The van der Waals surface area contributed by atoms with Gasteiger partial charge in [-0.05, 0) is 18.8 Å². The second-order valence-corrected chi connectivity index (χ2v) is 7.68. The summed E-state index contributed by atoms with van der Waals surface area (Å²) in [5.41, 5.74) is -0.571. The Bertz CT molecular complexity index is 570. The zero-order chi connectivity index (χ0) is 16.4. The van der Waals surface area contributed by atoms with Gasteiger partial charge in [0, 0.05) is 37.5 Å². The van der Waals surface area contributed by atoms with E-state index in [1.807, 2.05) is 6.92 Å². The standard InChI is InChI=1S/C19H24O3/c1-5-14-10-17(21)22-19(4,12-14)8-6-7-15-9-16(20)13-18(2,3)11-15/h1,14-15H,8-13H2,2-4H3. The van der Waals surface area contributed by atoms with Crippen LogP contribution < -0.4 is 0 Å². The summed E-state index contributed by atoms with van der Waals surface area (Å²) >= 11 is 0. The number of hydrogen-bond acceptors (Lipinski definition) is 3. The van der Waals surface area contributed by atoms with Crippen LogP contribution in [0.1, 0.15) is 59.3 Å². The van der Waals surface area contributed by atoms with Gasteiger partial charge in [0.15, 0.2) is 0 Å². The van der Waals surface area contributed by atoms with Gasteiger partial charge in [0.2, 0.25) is 0 Å². The fourth-order valence-corrected chi connectivity index (χ4v) is 3.56. The molecule has 0 radical (unpaired) electrons. The van der Waals surface area contributed by atoms with E-state index in [4.69, 9.17) is 11.2 Å². The van der Waals surface area contributed by atoms with Crippen molar-refractivity contribution in [1.82, 2.24) is 0 Å². The molecule has 1 saturated carbocycles. The fourth-order valence-electron chi connectivity index (χ4n) is 3.56. The molecule has 1 aliphatic heterocycles. The molecule has 3 unspecified atom stereocenters. The monoisotopic (exact) mass is 300 g/mol. The lowest BCUT2D eigenvalue weighted by atomic mass is 9.72. The van der Waals surface area contributed by atoms with Crippen molar-refractivity contribution in [3.63, 3.8) is 0 Å². The van der Waals surface area contributed by atoms with Crippen molar-refractivity contribution in [2.45, 2.75) is 64.9 Å². The summed E-state index contributed by atoms with van der Waals surface area (Å²) in [6.45, 7) is 6.11. The molecule has 2 aliphatic rings. The third-order valence-corrected chi connectivity index (χ3v) is 4.40. The number of Topliss-reactive ketones (excluding diaryl/α,β-unsaturated/α-hetero) is 1. The summed E-state index contributed by atoms with van der Waals surface area (Å²) in [5.74, 6) is 9.10. The second kappa shape index (κ2) is 6.17. The SMILES string of the molecule is C#CC1CC(=O)OC(C)(CC#CC2CC(=O)CC(C)(C)C2)C1. The van der Waals surface area contributed by atoms with Crippen LogP contribution in [0.15, 0.2) is 0 Å². The molecule has 3 nitrogen and oxygen atoms in total. The van der Waals surface area contributed by atoms with Gasteiger partial charge < -0.3 is 4.74 Å². The van der Waals surface area contributed by atoms with Crippen molar-refractivity contribution >= 4 is 11.8 Å². The lowest BCUT2D eigenvalue weighted by Gasteiger charge is -2.34. The minimum Gasteiger partial charge on any atom is -0.458 e. The van der Waals surface area contributed by atoms with Crippen LogP contribution in [0.25, 0.3) is 0 Å². The van der Waals surface area contributed by atoms with Gasteiger partial charge in [0.05, 0.1) is 6.42 Å². The highest BCUT2D eigenvalue weighted by molar-refractivity contribution is 5.80. The summed E-state index contributed by atoms with van der Waals surface area (Å²) in [6, 6.07) is 0. The first-order valence-electron chi connectivity index (χ1n) is 7.89. The number of terminal acetylenes is 1. The summed E-state index contributed by atoms with van der Waals surface area (Å²) in [6.07, 6.45) is 8.99. The lowest BCUT2D eigenvalue weighted by molar-refractivity contribution is -0.166. The second-order valence-electron chi connectivity index (χ2n) is 7.68. The molecule has 0 N–H and O–H groups in total. The number of ketones is 1. The molecule has 3 atom stereocenters. The highest BCUT2D eigenvalue weighted by Gasteiger charge is 2.37. The summed E-state index contributed by atoms with van der Waals surface area (Å²) in [5, 5.41) is 0. The van der Waals surface area contributed by atoms with Crippen LogP contribution in [-0.2, 0) is 14.3 Å². The Morgan fingerprint density at radius 2 is 1.91 bits per heavy atom. The van der Waals surface area contributed by atoms with Gasteiger partial charge in [-0.3, -0.25) is 9.59 Å². The first-order chi connectivity index (χ1) is 10.2. The minimum absolute atomic E-state index is 0.0322. The van der Waals surface area contributed by atoms with Crippen molar-refractivity contribution in [2.24, 2.45) is 17.3 Å². The number of rotatable bonds is 1. The molecule has 22 heavy (non-hydrogen) atoms. The maximum Gasteiger partial charge on any atom is 0.307 e. The van der Waals surface area contributed by atoms with Crippen LogP contribution >= 0.6 is 0 Å². The highest BCUT2D eigenvalue weighted by Crippen LogP contribution is 2.37. The van der Waals surface area contributed by atoms with Crippen LogP contribution in [0.3, 0.4) is 0 Å². The molecule has 1 aliphatic carbocycles. The van der Waals surface area contributed by atoms with Gasteiger partial charge in [-0.1, -0.05) is 25.7 Å². The molecule has 118 valence electrons. The Labute approximate surface area is 133 Å². The number of hydrogen-bond donors (Lipinski definition) is 0. The maximum atomic E-state index is 11.8. The molecular formula is C19H24O3. The van der Waals surface area contributed by atoms with E-state index in [1.165, 1.54) is 0 Å². The average Bonchev–Trinajstić information content (AvgIpc) is 2.34. The van der Waals surface area contributed by atoms with Crippen molar-refractivity contribution in [3.8, 4) is 24.2 Å². The zero-order valence-corrected chi connectivity index (χ0v) is 13.7. The van der Waals surface area contributed by atoms with Gasteiger partial charge in [-0.15, -0.1) is 12.3 Å². The maximum absolute atomic E-state index is 11.8. The molecule has 1 saturated heterocycles. The number of carbonyl (C=O) groups excluding carboxylic acids is 2. The van der Waals surface area contributed by atoms with Gasteiger partial charge in [0.1, 0.15) is 11.4 Å². The Morgan fingerprint density at radius 1 is 1.18 bits per heavy atom. The summed E-state index contributed by atoms with van der Waals surface area (Å²) in [4.78, 5) is 23.4. The summed E-state index contributed by atoms with van der Waals surface area (Å²) in [7, 11) is 0. The normalized spacial score (nSPS) is 34.1. The zero-order valence-electron chi connectivity index (χ0n) is 13.7. The van der Waals surface area contributed by atoms with Crippen LogP contribution in [0.2, 0.25) is 0 Å². The van der Waals surface area contributed by atoms with E-state index in [0.717, 1.165) is 6.42 Å². The quantitative estimate of drug-likeness (QED) is 0.552. The van der Waals surface area contributed by atoms with Gasteiger partial charge in [-0.2, -0.15) is 0 Å². The van der Waals surface area contributed by atoms with Crippen molar-refractivity contribution in [1.29, 1.82) is 0 Å². The van der Waals surface area contributed by atoms with Crippen molar-refractivity contribution in [3.05, 3.63) is 0 Å². The molecule has 0 aromatic rings. The molecule has 2 rings (SSSR count). The molecule has 1 heterocycles. The van der Waals surface area contributed by atoms with Crippen LogP contribution in [0.5, 0.6) is 0 Å². The summed E-state index contributed by atoms with van der Waals surface area (Å²) < 4.78 is 5.45. The molecule has 0 aromatic heterocycles. The van der Waals surface area contributed by atoms with E-state index in [2.05, 4.69) is 31.6 Å². The predicted molar refractivity (Wildman–Crippen MR) is 84.6 cm³/mol. The van der Waals surface area contributed by atoms with Crippen molar-refractivity contribution in [2.75, 3.05) is 0 Å². The van der Waals surface area contributed by atoms with E-state index in [9.17, 15) is 9.59 Å². The first kappa shape index (κ1) is 16.6. The molecule has 2 fully saturated rings. The van der Waals surface area contributed by atoms with Gasteiger partial charge in [0.25, 0.3) is 0 Å². The van der Waals surface area contributed by atoms with Gasteiger partial charge >= 0.3 is 5.97 Å².